The number of benzene rings is 2. The highest BCUT2D eigenvalue weighted by Crippen LogP contribution is 2.33. The number of halogens is 1. The van der Waals surface area contributed by atoms with E-state index in [0.717, 1.165) is 61.6 Å². The van der Waals surface area contributed by atoms with Gasteiger partial charge in [-0.15, -0.1) is 0 Å². The third-order valence-electron chi connectivity index (χ3n) is 6.42. The zero-order chi connectivity index (χ0) is 23.4. The predicted octanol–water partition coefficient (Wildman–Crippen LogP) is 4.75. The van der Waals surface area contributed by atoms with Crippen LogP contribution in [0.15, 0.2) is 42.5 Å². The lowest BCUT2D eigenvalue weighted by molar-refractivity contribution is -0.117. The average Bonchev–Trinajstić information content (AvgIpc) is 2.82. The summed E-state index contributed by atoms with van der Waals surface area (Å²) in [6.07, 6.45) is 1.25. The first-order valence-corrected chi connectivity index (χ1v) is 12.0. The van der Waals surface area contributed by atoms with Crippen molar-refractivity contribution in [3.63, 3.8) is 0 Å². The van der Waals surface area contributed by atoms with E-state index >= 15 is 0 Å². The van der Waals surface area contributed by atoms with Crippen LogP contribution in [0.2, 0.25) is 5.02 Å². The van der Waals surface area contributed by atoms with Crippen LogP contribution in [-0.4, -0.2) is 55.7 Å². The fraction of sp³-hybridized carbons (Fsp3) is 0.440. The molecular formula is C25H31ClN4O3. The average molecular weight is 471 g/mol. The highest BCUT2D eigenvalue weighted by atomic mass is 35.5. The van der Waals surface area contributed by atoms with Gasteiger partial charge in [-0.2, -0.15) is 0 Å². The van der Waals surface area contributed by atoms with Crippen LogP contribution in [-0.2, 0) is 16.1 Å². The lowest BCUT2D eigenvalue weighted by Gasteiger charge is -2.40. The van der Waals surface area contributed by atoms with Gasteiger partial charge in [-0.3, -0.25) is 14.6 Å². The summed E-state index contributed by atoms with van der Waals surface area (Å²) >= 11 is 6.10. The minimum absolute atomic E-state index is 0.0265. The molecule has 2 amide bonds. The molecule has 0 aliphatic carbocycles. The number of piperidine rings is 1. The van der Waals surface area contributed by atoms with Gasteiger partial charge >= 0.3 is 6.09 Å². The molecule has 0 unspecified atom stereocenters. The number of anilines is 3. The second-order valence-corrected chi connectivity index (χ2v) is 8.91. The number of hydrogen-bond acceptors (Lipinski definition) is 5. The van der Waals surface area contributed by atoms with Crippen LogP contribution in [0.3, 0.4) is 0 Å². The third-order valence-corrected chi connectivity index (χ3v) is 6.65. The molecular weight excluding hydrogens is 440 g/mol. The molecule has 4 rings (SSSR count). The third kappa shape index (κ3) is 5.42. The molecule has 2 aromatic carbocycles. The largest absolute Gasteiger partial charge is 0.444 e. The number of nitrogens with one attached hydrogen (secondary N) is 1. The Kier molecular flexibility index (Phi) is 7.40. The second kappa shape index (κ2) is 10.4. The van der Waals surface area contributed by atoms with Crippen molar-refractivity contribution in [2.24, 2.45) is 0 Å². The summed E-state index contributed by atoms with van der Waals surface area (Å²) in [6.45, 7) is 8.23. The molecule has 176 valence electrons. The molecule has 0 spiro atoms. The molecule has 0 bridgehead atoms. The predicted molar refractivity (Wildman–Crippen MR) is 132 cm³/mol. The van der Waals surface area contributed by atoms with Gasteiger partial charge in [0.05, 0.1) is 12.2 Å². The lowest BCUT2D eigenvalue weighted by Crippen LogP contribution is -2.50. The van der Waals surface area contributed by atoms with E-state index in [9.17, 15) is 9.59 Å². The molecule has 1 saturated heterocycles. The minimum atomic E-state index is -0.311. The molecule has 7 nitrogen and oxygen atoms in total. The Bertz CT molecular complexity index is 986. The van der Waals surface area contributed by atoms with Crippen LogP contribution in [0, 0.1) is 0 Å². The van der Waals surface area contributed by atoms with Crippen LogP contribution in [0.1, 0.15) is 32.3 Å². The van der Waals surface area contributed by atoms with E-state index in [1.807, 2.05) is 36.4 Å². The lowest BCUT2D eigenvalue weighted by atomic mass is 10.0. The summed E-state index contributed by atoms with van der Waals surface area (Å²) in [7, 11) is 0. The summed E-state index contributed by atoms with van der Waals surface area (Å²) < 4.78 is 5.37. The van der Waals surface area contributed by atoms with E-state index in [0.29, 0.717) is 11.6 Å². The molecule has 2 aliphatic heterocycles. The molecule has 2 aromatic rings. The molecule has 8 heteroatoms. The number of ether oxygens (including phenoxy) is 1. The van der Waals surface area contributed by atoms with Gasteiger partial charge in [0.1, 0.15) is 6.61 Å². The van der Waals surface area contributed by atoms with Crippen molar-refractivity contribution in [1.29, 1.82) is 0 Å². The standard InChI is InChI=1S/C25H31ClN4O3/c1-3-29(4-2)21-8-6-20(7-9-21)27-24(31)16-28-13-11-22(12-14-28)30-23-10-5-19(26)15-18(23)17-33-25(30)32/h5-10,15,22H,3-4,11-14,16-17H2,1-2H3,(H,27,31). The zero-order valence-electron chi connectivity index (χ0n) is 19.2. The fourth-order valence-electron chi connectivity index (χ4n) is 4.64. The number of amides is 2. The summed E-state index contributed by atoms with van der Waals surface area (Å²) in [6, 6.07) is 13.6. The first-order chi connectivity index (χ1) is 16.0. The van der Waals surface area contributed by atoms with E-state index < -0.39 is 0 Å². The number of rotatable bonds is 7. The monoisotopic (exact) mass is 470 g/mol. The van der Waals surface area contributed by atoms with Gasteiger partial charge in [0, 0.05) is 54.2 Å². The number of carbonyl (C=O) groups is 2. The number of cyclic esters (lactones) is 1. The van der Waals surface area contributed by atoms with Gasteiger partial charge in [0.25, 0.3) is 0 Å². The highest BCUT2D eigenvalue weighted by molar-refractivity contribution is 6.30. The topological polar surface area (TPSA) is 65.1 Å². The van der Waals surface area contributed by atoms with E-state index in [1.54, 1.807) is 11.0 Å². The maximum Gasteiger partial charge on any atom is 0.414 e. The molecule has 0 saturated carbocycles. The fourth-order valence-corrected chi connectivity index (χ4v) is 4.84. The van der Waals surface area contributed by atoms with Crippen molar-refractivity contribution in [2.75, 3.05) is 47.8 Å². The van der Waals surface area contributed by atoms with E-state index in [1.165, 1.54) is 0 Å². The Balaban J connectivity index is 1.30. The molecule has 1 fully saturated rings. The van der Waals surface area contributed by atoms with Crippen molar-refractivity contribution in [1.82, 2.24) is 4.90 Å². The maximum atomic E-state index is 12.6. The number of fused-ring (bicyclic) bond motifs is 1. The number of likely N-dealkylation sites (tertiary alicyclic amines) is 1. The Morgan fingerprint density at radius 1 is 1.12 bits per heavy atom. The van der Waals surface area contributed by atoms with Crippen LogP contribution in [0.4, 0.5) is 21.9 Å². The van der Waals surface area contributed by atoms with Gasteiger partial charge in [-0.05, 0) is 69.2 Å². The van der Waals surface area contributed by atoms with Gasteiger partial charge in [-0.25, -0.2) is 4.79 Å². The minimum Gasteiger partial charge on any atom is -0.444 e. The van der Waals surface area contributed by atoms with Crippen molar-refractivity contribution < 1.29 is 14.3 Å². The quantitative estimate of drug-likeness (QED) is 0.632. The van der Waals surface area contributed by atoms with Crippen molar-refractivity contribution in [3.8, 4) is 0 Å². The molecule has 2 heterocycles. The molecule has 0 radical (unpaired) electrons. The Hall–Kier alpha value is -2.77. The summed E-state index contributed by atoms with van der Waals surface area (Å²) in [5, 5.41) is 3.63. The van der Waals surface area contributed by atoms with Crippen molar-refractivity contribution in [3.05, 3.63) is 53.1 Å². The Morgan fingerprint density at radius 3 is 2.48 bits per heavy atom. The Labute approximate surface area is 200 Å². The van der Waals surface area contributed by atoms with Crippen LogP contribution < -0.4 is 15.1 Å². The second-order valence-electron chi connectivity index (χ2n) is 8.47. The summed E-state index contributed by atoms with van der Waals surface area (Å²) in [4.78, 5) is 31.2. The molecule has 2 aliphatic rings. The summed E-state index contributed by atoms with van der Waals surface area (Å²) in [5.41, 5.74) is 3.76. The van der Waals surface area contributed by atoms with Crippen LogP contribution >= 0.6 is 11.6 Å². The molecule has 1 N–H and O–H groups in total. The van der Waals surface area contributed by atoms with E-state index in [4.69, 9.17) is 16.3 Å². The van der Waals surface area contributed by atoms with Crippen LogP contribution in [0.25, 0.3) is 0 Å². The highest BCUT2D eigenvalue weighted by Gasteiger charge is 2.34. The van der Waals surface area contributed by atoms with Gasteiger partial charge in [-0.1, -0.05) is 11.6 Å². The zero-order valence-corrected chi connectivity index (χ0v) is 20.0. The van der Waals surface area contributed by atoms with Crippen LogP contribution in [0.5, 0.6) is 0 Å². The van der Waals surface area contributed by atoms with Gasteiger partial charge in [0.2, 0.25) is 5.91 Å². The van der Waals surface area contributed by atoms with E-state index in [-0.39, 0.29) is 24.6 Å². The first kappa shape index (κ1) is 23.4. The smallest absolute Gasteiger partial charge is 0.414 e. The first-order valence-electron chi connectivity index (χ1n) is 11.6. The van der Waals surface area contributed by atoms with Gasteiger partial charge < -0.3 is 15.0 Å². The van der Waals surface area contributed by atoms with Crippen molar-refractivity contribution in [2.45, 2.75) is 39.3 Å². The van der Waals surface area contributed by atoms with Crippen molar-refractivity contribution >= 4 is 40.7 Å². The molecule has 0 atom stereocenters. The number of nitrogens with zero attached hydrogens (tertiary/aromatic N) is 3. The molecule has 0 aromatic heterocycles. The van der Waals surface area contributed by atoms with E-state index in [2.05, 4.69) is 29.0 Å². The number of carbonyl (C=O) groups excluding carboxylic acids is 2. The Morgan fingerprint density at radius 2 is 1.82 bits per heavy atom. The molecule has 33 heavy (non-hydrogen) atoms. The number of hydrogen-bond donors (Lipinski definition) is 1. The van der Waals surface area contributed by atoms with Gasteiger partial charge in [0.15, 0.2) is 0 Å². The summed E-state index contributed by atoms with van der Waals surface area (Å²) in [5.74, 6) is -0.0265. The maximum absolute atomic E-state index is 12.6. The normalized spacial score (nSPS) is 16.8. The SMILES string of the molecule is CCN(CC)c1ccc(NC(=O)CN2CCC(N3C(=O)OCc4cc(Cl)ccc43)CC2)cc1.